The normalized spacial score (nSPS) is 9.14. The van der Waals surface area contributed by atoms with Crippen LogP contribution in [0.15, 0.2) is 79.4 Å². The van der Waals surface area contributed by atoms with Gasteiger partial charge in [-0.2, -0.15) is 0 Å². The summed E-state index contributed by atoms with van der Waals surface area (Å²) in [7, 11) is 0. The summed E-state index contributed by atoms with van der Waals surface area (Å²) >= 11 is 0. The van der Waals surface area contributed by atoms with E-state index in [1.54, 1.807) is 18.7 Å². The maximum absolute atomic E-state index is 11.6. The molecule has 0 spiro atoms. The molecule has 3 N–H and O–H groups in total. The Morgan fingerprint density at radius 1 is 0.857 bits per heavy atom. The topological polar surface area (TPSA) is 69.8 Å². The number of H-pyrrole nitrogens is 1. The highest BCUT2D eigenvalue weighted by Crippen LogP contribution is 2.08. The fraction of sp³-hybridized carbons (Fsp3) is 0. The number of hydrogen-bond donors (Lipinski definition) is 3. The van der Waals surface area contributed by atoms with Gasteiger partial charge >= 0.3 is 6.03 Å². The molecular weight excluding hydrogens is 264 g/mol. The van der Waals surface area contributed by atoms with Gasteiger partial charge in [-0.05, 0) is 24.3 Å². The zero-order valence-electron chi connectivity index (χ0n) is 11.4. The highest BCUT2D eigenvalue weighted by atomic mass is 16.2. The number of nitrogens with one attached hydrogen (secondary N) is 3. The minimum absolute atomic E-state index is 0.239. The van der Waals surface area contributed by atoms with Crippen molar-refractivity contribution in [3.63, 3.8) is 0 Å². The largest absolute Gasteiger partial charge is 0.351 e. The molecule has 0 atom stereocenters. The molecule has 106 valence electrons. The van der Waals surface area contributed by atoms with Crippen molar-refractivity contribution in [3.05, 3.63) is 79.4 Å². The van der Waals surface area contributed by atoms with Crippen LogP contribution in [0.4, 0.5) is 16.2 Å². The number of benzene rings is 2. The van der Waals surface area contributed by atoms with E-state index in [2.05, 4.69) is 20.6 Å². The van der Waals surface area contributed by atoms with E-state index in [9.17, 15) is 4.79 Å². The van der Waals surface area contributed by atoms with Gasteiger partial charge in [-0.1, -0.05) is 36.4 Å². The van der Waals surface area contributed by atoms with Crippen molar-refractivity contribution in [1.29, 1.82) is 0 Å². The van der Waals surface area contributed by atoms with Crippen molar-refractivity contribution in [2.75, 3.05) is 10.6 Å². The first kappa shape index (κ1) is 14.3. The molecule has 0 aliphatic rings. The lowest BCUT2D eigenvalue weighted by molar-refractivity contribution is 0.262. The van der Waals surface area contributed by atoms with Crippen LogP contribution in [0.5, 0.6) is 0 Å². The van der Waals surface area contributed by atoms with Gasteiger partial charge in [-0.15, -0.1) is 0 Å². The molecule has 3 rings (SSSR count). The van der Waals surface area contributed by atoms with E-state index in [4.69, 9.17) is 0 Å². The third kappa shape index (κ3) is 5.61. The molecule has 5 nitrogen and oxygen atoms in total. The Labute approximate surface area is 123 Å². The average Bonchev–Trinajstić information content (AvgIpc) is 3.09. The number of aromatic amines is 1. The summed E-state index contributed by atoms with van der Waals surface area (Å²) in [4.78, 5) is 18.0. The Kier molecular flexibility index (Phi) is 5.57. The van der Waals surface area contributed by atoms with Crippen molar-refractivity contribution in [3.8, 4) is 0 Å². The van der Waals surface area contributed by atoms with Crippen molar-refractivity contribution in [1.82, 2.24) is 9.97 Å². The van der Waals surface area contributed by atoms with E-state index in [1.807, 2.05) is 60.7 Å². The van der Waals surface area contributed by atoms with Crippen LogP contribution in [0, 0.1) is 0 Å². The van der Waals surface area contributed by atoms with E-state index in [1.165, 1.54) is 0 Å². The lowest BCUT2D eigenvalue weighted by Gasteiger charge is -2.06. The summed E-state index contributed by atoms with van der Waals surface area (Å²) in [5.41, 5.74) is 1.55. The minimum Gasteiger partial charge on any atom is -0.351 e. The molecule has 0 unspecified atom stereocenters. The lowest BCUT2D eigenvalue weighted by atomic mass is 10.3. The Bertz CT molecular complexity index is 563. The van der Waals surface area contributed by atoms with E-state index in [-0.39, 0.29) is 6.03 Å². The molecule has 1 heterocycles. The van der Waals surface area contributed by atoms with Crippen LogP contribution < -0.4 is 10.6 Å². The highest BCUT2D eigenvalue weighted by Gasteiger charge is 2.00. The monoisotopic (exact) mass is 280 g/mol. The summed E-state index contributed by atoms with van der Waals surface area (Å²) in [5.74, 6) is 0. The van der Waals surface area contributed by atoms with Gasteiger partial charge in [0, 0.05) is 23.8 Å². The van der Waals surface area contributed by atoms with Crippen LogP contribution in [0.1, 0.15) is 0 Å². The molecule has 0 aliphatic heterocycles. The van der Waals surface area contributed by atoms with Crippen LogP contribution in [0.3, 0.4) is 0 Å². The molecule has 2 amide bonds. The Hall–Kier alpha value is -3.08. The number of anilines is 2. The fourth-order valence-electron chi connectivity index (χ4n) is 1.55. The average molecular weight is 280 g/mol. The summed E-state index contributed by atoms with van der Waals surface area (Å²) in [6.07, 6.45) is 5.08. The quantitative estimate of drug-likeness (QED) is 0.669. The smallest absolute Gasteiger partial charge is 0.323 e. The van der Waals surface area contributed by atoms with Crippen LogP contribution in [-0.4, -0.2) is 16.0 Å². The van der Waals surface area contributed by atoms with Gasteiger partial charge in [0.25, 0.3) is 0 Å². The van der Waals surface area contributed by atoms with Gasteiger partial charge < -0.3 is 15.6 Å². The zero-order chi connectivity index (χ0) is 14.8. The number of carbonyl (C=O) groups is 1. The first-order valence-electron chi connectivity index (χ1n) is 6.45. The van der Waals surface area contributed by atoms with Gasteiger partial charge in [-0.3, -0.25) is 0 Å². The lowest BCUT2D eigenvalue weighted by Crippen LogP contribution is -2.19. The SMILES string of the molecule is O=C(Nc1ccccc1)Nc1ccccc1.c1c[nH]cn1. The van der Waals surface area contributed by atoms with Crippen LogP contribution in [0.2, 0.25) is 0 Å². The van der Waals surface area contributed by atoms with Crippen molar-refractivity contribution in [2.24, 2.45) is 0 Å². The zero-order valence-corrected chi connectivity index (χ0v) is 11.4. The molecule has 3 aromatic rings. The summed E-state index contributed by atoms with van der Waals surface area (Å²) in [6, 6.07) is 18.4. The van der Waals surface area contributed by atoms with Gasteiger partial charge in [0.15, 0.2) is 0 Å². The second-order valence-corrected chi connectivity index (χ2v) is 4.07. The first-order chi connectivity index (χ1) is 10.3. The molecule has 5 heteroatoms. The number of para-hydroxylation sites is 2. The summed E-state index contributed by atoms with van der Waals surface area (Å²) < 4.78 is 0. The van der Waals surface area contributed by atoms with Crippen molar-refractivity contribution < 1.29 is 4.79 Å². The van der Waals surface area contributed by atoms with Crippen LogP contribution in [0.25, 0.3) is 0 Å². The molecule has 2 aromatic carbocycles. The van der Waals surface area contributed by atoms with Gasteiger partial charge in [-0.25, -0.2) is 9.78 Å². The molecule has 0 saturated heterocycles. The number of rotatable bonds is 2. The number of carbonyl (C=O) groups excluding carboxylic acids is 1. The maximum atomic E-state index is 11.6. The molecule has 0 bridgehead atoms. The Morgan fingerprint density at radius 3 is 1.71 bits per heavy atom. The van der Waals surface area contributed by atoms with Crippen molar-refractivity contribution >= 4 is 17.4 Å². The number of imidazole rings is 1. The molecule has 21 heavy (non-hydrogen) atoms. The summed E-state index contributed by atoms with van der Waals surface area (Å²) in [6.45, 7) is 0. The number of amides is 2. The second kappa shape index (κ2) is 8.16. The fourth-order valence-corrected chi connectivity index (χ4v) is 1.55. The Morgan fingerprint density at radius 2 is 1.38 bits per heavy atom. The molecule has 0 aliphatic carbocycles. The number of hydrogen-bond acceptors (Lipinski definition) is 2. The predicted molar refractivity (Wildman–Crippen MR) is 84.1 cm³/mol. The van der Waals surface area contributed by atoms with Crippen molar-refractivity contribution in [2.45, 2.75) is 0 Å². The Balaban J connectivity index is 0.000000272. The standard InChI is InChI=1S/C13H12N2O.C3H4N2/c16-13(14-11-7-3-1-4-8-11)15-12-9-5-2-6-10-12;1-2-5-3-4-1/h1-10H,(H2,14,15,16);1-3H,(H,4,5). The maximum Gasteiger partial charge on any atom is 0.323 e. The molecule has 0 saturated carbocycles. The van der Waals surface area contributed by atoms with E-state index in [0.717, 1.165) is 11.4 Å². The summed E-state index contributed by atoms with van der Waals surface area (Å²) in [5, 5.41) is 5.48. The molecule has 0 radical (unpaired) electrons. The predicted octanol–water partition coefficient (Wildman–Crippen LogP) is 3.74. The van der Waals surface area contributed by atoms with Crippen LogP contribution in [-0.2, 0) is 0 Å². The van der Waals surface area contributed by atoms with Crippen LogP contribution >= 0.6 is 0 Å². The highest BCUT2D eigenvalue weighted by molar-refractivity contribution is 5.99. The molecule has 1 aromatic heterocycles. The minimum atomic E-state index is -0.239. The second-order valence-electron chi connectivity index (χ2n) is 4.07. The first-order valence-corrected chi connectivity index (χ1v) is 6.45. The number of urea groups is 1. The molecular formula is C16H16N4O. The van der Waals surface area contributed by atoms with E-state index in [0.29, 0.717) is 0 Å². The third-order valence-electron chi connectivity index (χ3n) is 2.47. The molecule has 0 fully saturated rings. The number of aromatic nitrogens is 2. The third-order valence-corrected chi connectivity index (χ3v) is 2.47. The van der Waals surface area contributed by atoms with Gasteiger partial charge in [0.05, 0.1) is 6.33 Å². The van der Waals surface area contributed by atoms with E-state index >= 15 is 0 Å². The van der Waals surface area contributed by atoms with Gasteiger partial charge in [0.2, 0.25) is 0 Å². The van der Waals surface area contributed by atoms with Gasteiger partial charge in [0.1, 0.15) is 0 Å². The number of nitrogens with zero attached hydrogens (tertiary/aromatic N) is 1. The van der Waals surface area contributed by atoms with E-state index < -0.39 is 0 Å².